The van der Waals surface area contributed by atoms with Gasteiger partial charge < -0.3 is 19.3 Å². The quantitative estimate of drug-likeness (QED) is 0.825. The largest absolute Gasteiger partial charge is 0.481 e. The Balaban J connectivity index is 1.66. The number of carbonyl (C=O) groups excluding carboxylic acids is 1. The summed E-state index contributed by atoms with van der Waals surface area (Å²) in [6.07, 6.45) is 0. The first-order valence-electron chi connectivity index (χ1n) is 8.76. The molecule has 0 spiro atoms. The van der Waals surface area contributed by atoms with Crippen LogP contribution in [0.1, 0.15) is 21.6 Å². The number of methoxy groups -OCH3 is 1. The Morgan fingerprint density at radius 3 is 2.58 bits per heavy atom. The minimum absolute atomic E-state index is 0.0499. The molecule has 2 heterocycles. The first kappa shape index (κ1) is 18.2. The molecule has 26 heavy (non-hydrogen) atoms. The number of amides is 1. The lowest BCUT2D eigenvalue weighted by Gasteiger charge is -2.29. The number of hydrogen-bond acceptors (Lipinski definition) is 5. The van der Waals surface area contributed by atoms with E-state index in [-0.39, 0.29) is 5.91 Å². The van der Waals surface area contributed by atoms with E-state index in [9.17, 15) is 4.79 Å². The molecule has 0 aliphatic carbocycles. The number of benzene rings is 1. The van der Waals surface area contributed by atoms with Crippen LogP contribution in [-0.2, 0) is 11.3 Å². The van der Waals surface area contributed by atoms with Crippen molar-refractivity contribution in [2.24, 2.45) is 0 Å². The van der Waals surface area contributed by atoms with Crippen molar-refractivity contribution in [3.63, 3.8) is 0 Å². The van der Waals surface area contributed by atoms with Crippen LogP contribution < -0.4 is 9.64 Å². The molecular weight excluding hydrogens is 330 g/mol. The second kappa shape index (κ2) is 8.19. The molecule has 1 fully saturated rings. The molecule has 1 saturated heterocycles. The highest BCUT2D eigenvalue weighted by atomic mass is 16.5. The third kappa shape index (κ3) is 4.32. The number of rotatable bonds is 5. The highest BCUT2D eigenvalue weighted by Gasteiger charge is 2.15. The molecule has 0 radical (unpaired) electrons. The minimum atomic E-state index is -0.0499. The Hall–Kier alpha value is -2.60. The number of nitrogens with zero attached hydrogens (tertiary/aromatic N) is 3. The van der Waals surface area contributed by atoms with Gasteiger partial charge in [-0.2, -0.15) is 0 Å². The van der Waals surface area contributed by atoms with E-state index in [4.69, 9.17) is 9.47 Å². The molecule has 6 heteroatoms. The maximum absolute atomic E-state index is 12.7. The van der Waals surface area contributed by atoms with Crippen LogP contribution in [0.3, 0.4) is 0 Å². The number of aryl methyl sites for hydroxylation is 1. The maximum Gasteiger partial charge on any atom is 0.254 e. The predicted molar refractivity (Wildman–Crippen MR) is 101 cm³/mol. The summed E-state index contributed by atoms with van der Waals surface area (Å²) in [4.78, 5) is 20.9. The van der Waals surface area contributed by atoms with Gasteiger partial charge in [0, 0.05) is 49.7 Å². The van der Waals surface area contributed by atoms with Gasteiger partial charge in [-0.05, 0) is 30.7 Å². The normalized spacial score (nSPS) is 14.2. The molecule has 0 bridgehead atoms. The fourth-order valence-corrected chi connectivity index (χ4v) is 3.07. The lowest BCUT2D eigenvalue weighted by Crippen LogP contribution is -2.36. The molecule has 1 aromatic carbocycles. The van der Waals surface area contributed by atoms with Crippen molar-refractivity contribution in [3.05, 3.63) is 53.2 Å². The molecule has 1 amide bonds. The van der Waals surface area contributed by atoms with Gasteiger partial charge >= 0.3 is 0 Å². The van der Waals surface area contributed by atoms with Crippen molar-refractivity contribution in [2.75, 3.05) is 45.4 Å². The summed E-state index contributed by atoms with van der Waals surface area (Å²) in [5, 5.41) is 0. The van der Waals surface area contributed by atoms with Gasteiger partial charge in [0.25, 0.3) is 5.91 Å². The van der Waals surface area contributed by atoms with E-state index in [2.05, 4.69) is 34.1 Å². The van der Waals surface area contributed by atoms with Crippen molar-refractivity contribution in [3.8, 4) is 5.88 Å². The fourth-order valence-electron chi connectivity index (χ4n) is 3.07. The monoisotopic (exact) mass is 355 g/mol. The molecule has 3 rings (SSSR count). The van der Waals surface area contributed by atoms with Gasteiger partial charge in [0.05, 0.1) is 20.3 Å². The standard InChI is InChI=1S/C20H25N3O3/c1-15-12-17(13-19(21-15)25-3)20(24)22(2)14-16-4-6-18(7-5-16)23-8-10-26-11-9-23/h4-7,12-13H,8-11,14H2,1-3H3. The molecule has 138 valence electrons. The first-order valence-corrected chi connectivity index (χ1v) is 8.76. The zero-order valence-corrected chi connectivity index (χ0v) is 15.6. The molecule has 2 aromatic rings. The van der Waals surface area contributed by atoms with E-state index in [0.717, 1.165) is 37.6 Å². The molecule has 0 unspecified atom stereocenters. The van der Waals surface area contributed by atoms with Gasteiger partial charge in [-0.3, -0.25) is 4.79 Å². The highest BCUT2D eigenvalue weighted by Crippen LogP contribution is 2.19. The number of carbonyl (C=O) groups is 1. The summed E-state index contributed by atoms with van der Waals surface area (Å²) >= 11 is 0. The Bertz CT molecular complexity index is 755. The molecule has 0 atom stereocenters. The van der Waals surface area contributed by atoms with E-state index < -0.39 is 0 Å². The predicted octanol–water partition coefficient (Wildman–Crippen LogP) is 2.51. The molecule has 1 aliphatic heterocycles. The molecule has 1 aliphatic rings. The minimum Gasteiger partial charge on any atom is -0.481 e. The van der Waals surface area contributed by atoms with Crippen molar-refractivity contribution in [2.45, 2.75) is 13.5 Å². The summed E-state index contributed by atoms with van der Waals surface area (Å²) < 4.78 is 10.6. The van der Waals surface area contributed by atoms with Crippen LogP contribution in [0.2, 0.25) is 0 Å². The second-order valence-corrected chi connectivity index (χ2v) is 6.47. The average molecular weight is 355 g/mol. The number of hydrogen-bond donors (Lipinski definition) is 0. The number of pyridine rings is 1. The maximum atomic E-state index is 12.7. The SMILES string of the molecule is COc1cc(C(=O)N(C)Cc2ccc(N3CCOCC3)cc2)cc(C)n1. The van der Waals surface area contributed by atoms with Gasteiger partial charge in [-0.15, -0.1) is 0 Å². The third-order valence-electron chi connectivity index (χ3n) is 4.47. The highest BCUT2D eigenvalue weighted by molar-refractivity contribution is 5.94. The Morgan fingerprint density at radius 2 is 1.92 bits per heavy atom. The summed E-state index contributed by atoms with van der Waals surface area (Å²) in [5.74, 6) is 0.405. The van der Waals surface area contributed by atoms with Crippen LogP contribution >= 0.6 is 0 Å². The summed E-state index contributed by atoms with van der Waals surface area (Å²) in [5.41, 5.74) is 3.63. The Labute approximate surface area is 154 Å². The van der Waals surface area contributed by atoms with E-state index in [1.54, 1.807) is 31.2 Å². The topological polar surface area (TPSA) is 54.9 Å². The summed E-state index contributed by atoms with van der Waals surface area (Å²) in [6, 6.07) is 11.8. The Morgan fingerprint density at radius 1 is 1.23 bits per heavy atom. The average Bonchev–Trinajstić information content (AvgIpc) is 2.68. The molecule has 1 aromatic heterocycles. The van der Waals surface area contributed by atoms with E-state index in [0.29, 0.717) is 18.0 Å². The van der Waals surface area contributed by atoms with Crippen molar-refractivity contribution in [1.29, 1.82) is 0 Å². The molecule has 0 saturated carbocycles. The van der Waals surface area contributed by atoms with Crippen LogP contribution in [0.25, 0.3) is 0 Å². The second-order valence-electron chi connectivity index (χ2n) is 6.47. The number of aromatic nitrogens is 1. The lowest BCUT2D eigenvalue weighted by atomic mass is 10.1. The number of ether oxygens (including phenoxy) is 2. The van der Waals surface area contributed by atoms with Gasteiger partial charge in [0.1, 0.15) is 0 Å². The zero-order chi connectivity index (χ0) is 18.5. The van der Waals surface area contributed by atoms with Crippen molar-refractivity contribution in [1.82, 2.24) is 9.88 Å². The third-order valence-corrected chi connectivity index (χ3v) is 4.47. The number of morpholine rings is 1. The van der Waals surface area contributed by atoms with Gasteiger partial charge in [-0.25, -0.2) is 4.98 Å². The van der Waals surface area contributed by atoms with Crippen LogP contribution in [0.15, 0.2) is 36.4 Å². The van der Waals surface area contributed by atoms with E-state index in [1.165, 1.54) is 5.69 Å². The van der Waals surface area contributed by atoms with Crippen molar-refractivity contribution < 1.29 is 14.3 Å². The lowest BCUT2D eigenvalue weighted by molar-refractivity contribution is 0.0784. The van der Waals surface area contributed by atoms with Crippen LogP contribution in [0.4, 0.5) is 5.69 Å². The first-order chi connectivity index (χ1) is 12.6. The summed E-state index contributed by atoms with van der Waals surface area (Å²) in [7, 11) is 3.36. The van der Waals surface area contributed by atoms with Crippen molar-refractivity contribution >= 4 is 11.6 Å². The van der Waals surface area contributed by atoms with E-state index in [1.807, 2.05) is 6.92 Å². The number of anilines is 1. The summed E-state index contributed by atoms with van der Waals surface area (Å²) in [6.45, 7) is 5.78. The van der Waals surface area contributed by atoms with Crippen LogP contribution in [0.5, 0.6) is 5.88 Å². The van der Waals surface area contributed by atoms with E-state index >= 15 is 0 Å². The molecule has 6 nitrogen and oxygen atoms in total. The molecule has 0 N–H and O–H groups in total. The van der Waals surface area contributed by atoms with Crippen LogP contribution in [0, 0.1) is 6.92 Å². The van der Waals surface area contributed by atoms with Gasteiger partial charge in [0.15, 0.2) is 0 Å². The zero-order valence-electron chi connectivity index (χ0n) is 15.6. The van der Waals surface area contributed by atoms with Gasteiger partial charge in [-0.1, -0.05) is 12.1 Å². The molecular formula is C20H25N3O3. The Kier molecular flexibility index (Phi) is 5.73. The van der Waals surface area contributed by atoms with Crippen LogP contribution in [-0.4, -0.2) is 56.3 Å². The fraction of sp³-hybridized carbons (Fsp3) is 0.400. The smallest absolute Gasteiger partial charge is 0.254 e. The van der Waals surface area contributed by atoms with Gasteiger partial charge in [0.2, 0.25) is 5.88 Å².